The van der Waals surface area contributed by atoms with Gasteiger partial charge in [-0.2, -0.15) is 0 Å². The summed E-state index contributed by atoms with van der Waals surface area (Å²) >= 11 is 0. The first-order valence-electron chi connectivity index (χ1n) is 12.3. The van der Waals surface area contributed by atoms with E-state index in [1.165, 1.54) is 38.1 Å². The van der Waals surface area contributed by atoms with Gasteiger partial charge in [-0.15, -0.1) is 5.73 Å². The first kappa shape index (κ1) is 23.9. The molecule has 0 spiro atoms. The maximum Gasteiger partial charge on any atom is 0.126 e. The van der Waals surface area contributed by atoms with Gasteiger partial charge in [0, 0.05) is 58.1 Å². The molecule has 36 heavy (non-hydrogen) atoms. The highest BCUT2D eigenvalue weighted by Crippen LogP contribution is 2.27. The molecule has 0 bridgehead atoms. The fourth-order valence-electron chi connectivity index (χ4n) is 5.10. The molecule has 0 radical (unpaired) electrons. The second kappa shape index (κ2) is 10.0. The van der Waals surface area contributed by atoms with E-state index in [0.29, 0.717) is 5.56 Å². The summed E-state index contributed by atoms with van der Waals surface area (Å²) in [5.74, 6) is -1.22. The van der Waals surface area contributed by atoms with Gasteiger partial charge < -0.3 is 20.2 Å². The van der Waals surface area contributed by atoms with Crippen LogP contribution in [0.2, 0.25) is 0 Å². The maximum atomic E-state index is 14.0. The number of fused-ring (bicyclic) bond motifs is 1. The number of benzene rings is 2. The first-order valence-corrected chi connectivity index (χ1v) is 12.3. The number of nitrogens with zero attached hydrogens (tertiary/aromatic N) is 1. The Morgan fingerprint density at radius 1 is 1.17 bits per heavy atom. The molecule has 6 heteroatoms. The smallest absolute Gasteiger partial charge is 0.126 e. The topological polar surface area (TPSA) is 46.8 Å². The van der Waals surface area contributed by atoms with Gasteiger partial charge in [-0.05, 0) is 73.8 Å². The molecule has 0 atom stereocenters. The van der Waals surface area contributed by atoms with E-state index in [1.807, 2.05) is 30.5 Å². The lowest BCUT2D eigenvalue weighted by Crippen LogP contribution is -2.29. The molecule has 1 aliphatic heterocycles. The van der Waals surface area contributed by atoms with E-state index in [1.54, 1.807) is 0 Å². The van der Waals surface area contributed by atoms with Crippen molar-refractivity contribution in [3.05, 3.63) is 93.9 Å². The Balaban J connectivity index is 1.52. The average molecular weight is 485 g/mol. The SMILES string of the molecule is C=C=C(NCCN1CCCC1)c1c[nH]c(/C=c2\c(=C)[nH]c3cccc(-c4cc(F)cc(F)c4)c23)c1C. The fourth-order valence-corrected chi connectivity index (χ4v) is 5.10. The van der Waals surface area contributed by atoms with Crippen LogP contribution >= 0.6 is 0 Å². The van der Waals surface area contributed by atoms with Gasteiger partial charge in [0.05, 0.1) is 5.70 Å². The van der Waals surface area contributed by atoms with Crippen LogP contribution in [0.1, 0.15) is 29.7 Å². The highest BCUT2D eigenvalue weighted by atomic mass is 19.1. The molecule has 3 N–H and O–H groups in total. The lowest BCUT2D eigenvalue weighted by atomic mass is 9.99. The third kappa shape index (κ3) is 4.66. The average Bonchev–Trinajstić information content (AvgIpc) is 3.57. The normalized spacial score (nSPS) is 14.5. The third-order valence-corrected chi connectivity index (χ3v) is 6.96. The molecule has 0 saturated carbocycles. The molecule has 0 amide bonds. The summed E-state index contributed by atoms with van der Waals surface area (Å²) in [5.41, 5.74) is 8.98. The van der Waals surface area contributed by atoms with Crippen LogP contribution < -0.4 is 15.9 Å². The molecule has 0 aliphatic carbocycles. The molecule has 2 aromatic carbocycles. The molecular formula is C30H30F2N4. The molecule has 2 aromatic heterocycles. The van der Waals surface area contributed by atoms with Gasteiger partial charge in [-0.3, -0.25) is 0 Å². The van der Waals surface area contributed by atoms with Crippen molar-refractivity contribution < 1.29 is 8.78 Å². The summed E-state index contributed by atoms with van der Waals surface area (Å²) in [4.78, 5) is 9.15. The van der Waals surface area contributed by atoms with Crippen molar-refractivity contribution in [3.8, 4) is 11.1 Å². The van der Waals surface area contributed by atoms with Crippen molar-refractivity contribution in [1.82, 2.24) is 20.2 Å². The van der Waals surface area contributed by atoms with E-state index in [-0.39, 0.29) is 0 Å². The van der Waals surface area contributed by atoms with Crippen molar-refractivity contribution >= 4 is 29.3 Å². The molecule has 5 rings (SSSR count). The van der Waals surface area contributed by atoms with Crippen molar-refractivity contribution in [2.45, 2.75) is 19.8 Å². The van der Waals surface area contributed by atoms with Gasteiger partial charge in [0.15, 0.2) is 0 Å². The van der Waals surface area contributed by atoms with Gasteiger partial charge in [-0.1, -0.05) is 25.3 Å². The molecular weight excluding hydrogens is 454 g/mol. The van der Waals surface area contributed by atoms with E-state index in [2.05, 4.69) is 46.0 Å². The predicted molar refractivity (Wildman–Crippen MR) is 144 cm³/mol. The molecule has 1 fully saturated rings. The zero-order valence-corrected chi connectivity index (χ0v) is 20.5. The highest BCUT2D eigenvalue weighted by molar-refractivity contribution is 5.96. The van der Waals surface area contributed by atoms with Crippen LogP contribution in [0.25, 0.3) is 40.4 Å². The van der Waals surface area contributed by atoms with Crippen LogP contribution in [0.15, 0.2) is 54.9 Å². The summed E-state index contributed by atoms with van der Waals surface area (Å²) in [6.07, 6.45) is 6.54. The van der Waals surface area contributed by atoms with E-state index in [9.17, 15) is 8.78 Å². The number of rotatable bonds is 7. The van der Waals surface area contributed by atoms with Crippen LogP contribution in [0.4, 0.5) is 8.78 Å². The number of hydrogen-bond donors (Lipinski definition) is 3. The number of aromatic nitrogens is 2. The van der Waals surface area contributed by atoms with Gasteiger partial charge >= 0.3 is 0 Å². The van der Waals surface area contributed by atoms with Gasteiger partial charge in [0.1, 0.15) is 11.6 Å². The number of H-pyrrole nitrogens is 2. The highest BCUT2D eigenvalue weighted by Gasteiger charge is 2.14. The fraction of sp³-hybridized carbons (Fsp3) is 0.233. The molecule has 3 heterocycles. The van der Waals surface area contributed by atoms with Gasteiger partial charge in [-0.25, -0.2) is 8.78 Å². The van der Waals surface area contributed by atoms with E-state index in [0.717, 1.165) is 68.7 Å². The summed E-state index contributed by atoms with van der Waals surface area (Å²) < 4.78 is 28.0. The molecule has 1 saturated heterocycles. The zero-order chi connectivity index (χ0) is 25.2. The molecule has 4 nitrogen and oxygen atoms in total. The van der Waals surface area contributed by atoms with Crippen molar-refractivity contribution in [2.75, 3.05) is 26.2 Å². The minimum absolute atomic E-state index is 0.481. The monoisotopic (exact) mass is 484 g/mol. The van der Waals surface area contributed by atoms with Crippen molar-refractivity contribution in [2.24, 2.45) is 0 Å². The Morgan fingerprint density at radius 3 is 2.64 bits per heavy atom. The summed E-state index contributed by atoms with van der Waals surface area (Å²) in [6, 6.07) is 9.27. The minimum atomic E-state index is -0.608. The van der Waals surface area contributed by atoms with Crippen LogP contribution in [-0.2, 0) is 0 Å². The Morgan fingerprint density at radius 2 is 1.92 bits per heavy atom. The van der Waals surface area contributed by atoms with E-state index >= 15 is 0 Å². The van der Waals surface area contributed by atoms with Crippen molar-refractivity contribution in [3.63, 3.8) is 0 Å². The van der Waals surface area contributed by atoms with Gasteiger partial charge in [0.25, 0.3) is 0 Å². The molecule has 184 valence electrons. The number of aromatic amines is 2. The van der Waals surface area contributed by atoms with Crippen LogP contribution in [0.3, 0.4) is 0 Å². The van der Waals surface area contributed by atoms with Crippen LogP contribution in [0, 0.1) is 18.6 Å². The Hall–Kier alpha value is -3.86. The predicted octanol–water partition coefficient (Wildman–Crippen LogP) is 4.80. The minimum Gasteiger partial charge on any atom is -0.377 e. The first-order chi connectivity index (χ1) is 17.4. The van der Waals surface area contributed by atoms with Crippen molar-refractivity contribution in [1.29, 1.82) is 0 Å². The quantitative estimate of drug-likeness (QED) is 0.330. The number of hydrogen-bond acceptors (Lipinski definition) is 2. The second-order valence-corrected chi connectivity index (χ2v) is 9.32. The largest absolute Gasteiger partial charge is 0.377 e. The maximum absolute atomic E-state index is 14.0. The summed E-state index contributed by atoms with van der Waals surface area (Å²) in [6.45, 7) is 14.3. The Kier molecular flexibility index (Phi) is 6.64. The van der Waals surface area contributed by atoms with E-state index < -0.39 is 11.6 Å². The summed E-state index contributed by atoms with van der Waals surface area (Å²) in [7, 11) is 0. The number of nitrogens with one attached hydrogen (secondary N) is 3. The lowest BCUT2D eigenvalue weighted by Gasteiger charge is -2.16. The molecule has 1 aliphatic rings. The Bertz CT molecular complexity index is 1560. The number of halogens is 2. The second-order valence-electron chi connectivity index (χ2n) is 9.32. The lowest BCUT2D eigenvalue weighted by molar-refractivity contribution is 0.343. The molecule has 0 unspecified atom stereocenters. The van der Waals surface area contributed by atoms with E-state index in [4.69, 9.17) is 0 Å². The Labute approximate surface area is 209 Å². The molecule has 4 aromatic rings. The standard InChI is InChI=1S/C30H30F2N4/c1-4-27(33-10-13-36-11-5-6-12-36)26-18-34-29(19(26)2)17-25-20(3)35-28-9-7-8-24(30(25)28)21-14-22(31)16-23(32)15-21/h7-9,14-18,33-35H,1,3,5-6,10-13H2,2H3/b25-17+. The van der Waals surface area contributed by atoms with Crippen LogP contribution in [-0.4, -0.2) is 41.0 Å². The third-order valence-electron chi connectivity index (χ3n) is 6.96. The van der Waals surface area contributed by atoms with Crippen LogP contribution in [0.5, 0.6) is 0 Å². The summed E-state index contributed by atoms with van der Waals surface area (Å²) in [5, 5.41) is 5.95. The number of likely N-dealkylation sites (tertiary alicyclic amines) is 1. The van der Waals surface area contributed by atoms with Gasteiger partial charge in [0.2, 0.25) is 0 Å². The zero-order valence-electron chi connectivity index (χ0n) is 20.5.